The quantitative estimate of drug-likeness (QED) is 0.235. The topological polar surface area (TPSA) is 97.3 Å². The van der Waals surface area contributed by atoms with Gasteiger partial charge in [-0.2, -0.15) is 5.10 Å². The van der Waals surface area contributed by atoms with Crippen molar-refractivity contribution in [3.63, 3.8) is 0 Å². The SMILES string of the molecule is C=CCOc1cccc(/C=N/NC(=O)CN(c2ccc(OC)c(Cl)c2)S(=O)(=O)c2ccccc2)c1. The second-order valence-corrected chi connectivity index (χ2v) is 9.38. The third kappa shape index (κ3) is 6.84. The summed E-state index contributed by atoms with van der Waals surface area (Å²) in [6.07, 6.45) is 3.06. The van der Waals surface area contributed by atoms with Crippen LogP contribution in [0.25, 0.3) is 0 Å². The minimum Gasteiger partial charge on any atom is -0.495 e. The number of carbonyl (C=O) groups is 1. The molecule has 0 saturated heterocycles. The van der Waals surface area contributed by atoms with E-state index in [9.17, 15) is 13.2 Å². The predicted molar refractivity (Wildman–Crippen MR) is 137 cm³/mol. The number of anilines is 1. The Kier molecular flexibility index (Phi) is 8.88. The van der Waals surface area contributed by atoms with E-state index in [4.69, 9.17) is 21.1 Å². The van der Waals surface area contributed by atoms with Gasteiger partial charge < -0.3 is 9.47 Å². The van der Waals surface area contributed by atoms with Gasteiger partial charge in [-0.05, 0) is 48.0 Å². The largest absolute Gasteiger partial charge is 0.495 e. The van der Waals surface area contributed by atoms with E-state index in [1.165, 1.54) is 43.7 Å². The van der Waals surface area contributed by atoms with E-state index < -0.39 is 22.5 Å². The Morgan fingerprint density at radius 2 is 1.89 bits per heavy atom. The van der Waals surface area contributed by atoms with E-state index in [2.05, 4.69) is 17.1 Å². The van der Waals surface area contributed by atoms with Crippen LogP contribution in [0, 0.1) is 0 Å². The lowest BCUT2D eigenvalue weighted by atomic mass is 10.2. The van der Waals surface area contributed by atoms with Crippen molar-refractivity contribution < 1.29 is 22.7 Å². The number of rotatable bonds is 11. The summed E-state index contributed by atoms with van der Waals surface area (Å²) >= 11 is 6.22. The molecule has 8 nitrogen and oxygen atoms in total. The van der Waals surface area contributed by atoms with Gasteiger partial charge in [0, 0.05) is 0 Å². The fourth-order valence-electron chi connectivity index (χ4n) is 3.03. The van der Waals surface area contributed by atoms with Crippen LogP contribution >= 0.6 is 11.6 Å². The summed E-state index contributed by atoms with van der Waals surface area (Å²) < 4.78 is 38.3. The molecule has 0 aromatic heterocycles. The summed E-state index contributed by atoms with van der Waals surface area (Å²) in [7, 11) is -2.63. The van der Waals surface area contributed by atoms with E-state index >= 15 is 0 Å². The van der Waals surface area contributed by atoms with Crippen molar-refractivity contribution in [1.82, 2.24) is 5.43 Å². The third-order valence-electron chi connectivity index (χ3n) is 4.67. The molecule has 3 aromatic rings. The lowest BCUT2D eigenvalue weighted by molar-refractivity contribution is -0.119. The minimum absolute atomic E-state index is 0.0274. The number of benzene rings is 3. The summed E-state index contributed by atoms with van der Waals surface area (Å²) in [6, 6.07) is 19.3. The molecule has 1 N–H and O–H groups in total. The molecule has 0 atom stereocenters. The van der Waals surface area contributed by atoms with Crippen LogP contribution in [0.4, 0.5) is 5.69 Å². The normalized spacial score (nSPS) is 11.1. The predicted octanol–water partition coefficient (Wildman–Crippen LogP) is 4.26. The summed E-state index contributed by atoms with van der Waals surface area (Å²) in [6.45, 7) is 3.43. The number of methoxy groups -OCH3 is 1. The van der Waals surface area contributed by atoms with Gasteiger partial charge in [-0.15, -0.1) is 0 Å². The smallest absolute Gasteiger partial charge is 0.264 e. The second kappa shape index (κ2) is 12.0. The number of nitrogens with zero attached hydrogens (tertiary/aromatic N) is 2. The Morgan fingerprint density at radius 1 is 1.11 bits per heavy atom. The van der Waals surface area contributed by atoms with Crippen LogP contribution in [0.1, 0.15) is 5.56 Å². The molecule has 0 aliphatic rings. The van der Waals surface area contributed by atoms with Crippen LogP contribution in [0.2, 0.25) is 5.02 Å². The third-order valence-corrected chi connectivity index (χ3v) is 6.75. The zero-order valence-electron chi connectivity index (χ0n) is 18.9. The molecule has 0 aliphatic carbocycles. The molecule has 1 amide bonds. The molecule has 3 rings (SSSR count). The highest BCUT2D eigenvalue weighted by Gasteiger charge is 2.27. The maximum atomic E-state index is 13.4. The van der Waals surface area contributed by atoms with Gasteiger partial charge in [0.25, 0.3) is 15.9 Å². The number of hydrogen-bond acceptors (Lipinski definition) is 6. The van der Waals surface area contributed by atoms with Crippen LogP contribution in [0.5, 0.6) is 11.5 Å². The maximum Gasteiger partial charge on any atom is 0.264 e. The Balaban J connectivity index is 1.81. The molecule has 0 unspecified atom stereocenters. The zero-order chi connectivity index (χ0) is 25.3. The van der Waals surface area contributed by atoms with E-state index in [0.29, 0.717) is 23.7 Å². The highest BCUT2D eigenvalue weighted by atomic mass is 35.5. The Bertz CT molecular complexity index is 1310. The molecule has 3 aromatic carbocycles. The van der Waals surface area contributed by atoms with E-state index in [0.717, 1.165) is 4.31 Å². The summed E-state index contributed by atoms with van der Waals surface area (Å²) in [4.78, 5) is 12.7. The van der Waals surface area contributed by atoms with Gasteiger partial charge in [-0.3, -0.25) is 9.10 Å². The molecule has 10 heteroatoms. The first-order chi connectivity index (χ1) is 16.8. The van der Waals surface area contributed by atoms with Crippen molar-refractivity contribution in [2.75, 3.05) is 24.6 Å². The number of carbonyl (C=O) groups excluding carboxylic acids is 1. The number of amides is 1. The van der Waals surface area contributed by atoms with Crippen LogP contribution in [-0.2, 0) is 14.8 Å². The van der Waals surface area contributed by atoms with Crippen molar-refractivity contribution in [1.29, 1.82) is 0 Å². The Labute approximate surface area is 209 Å². The van der Waals surface area contributed by atoms with Gasteiger partial charge in [-0.25, -0.2) is 13.8 Å². The minimum atomic E-state index is -4.08. The van der Waals surface area contributed by atoms with E-state index in [1.807, 2.05) is 0 Å². The molecule has 0 radical (unpaired) electrons. The number of hydrogen-bond donors (Lipinski definition) is 1. The van der Waals surface area contributed by atoms with Crippen molar-refractivity contribution in [3.05, 3.63) is 96.0 Å². The van der Waals surface area contributed by atoms with Gasteiger partial charge >= 0.3 is 0 Å². The highest BCUT2D eigenvalue weighted by Crippen LogP contribution is 2.31. The van der Waals surface area contributed by atoms with E-state index in [-0.39, 0.29) is 15.6 Å². The first kappa shape index (κ1) is 25.8. The zero-order valence-corrected chi connectivity index (χ0v) is 20.5. The molecule has 0 spiro atoms. The number of nitrogens with one attached hydrogen (secondary N) is 1. The van der Waals surface area contributed by atoms with Gasteiger partial charge in [0.05, 0.1) is 28.9 Å². The average molecular weight is 514 g/mol. The molecule has 0 aliphatic heterocycles. The summed E-state index contributed by atoms with van der Waals surface area (Å²) in [5.74, 6) is 0.351. The molecule has 182 valence electrons. The van der Waals surface area contributed by atoms with Gasteiger partial charge in [0.2, 0.25) is 0 Å². The monoisotopic (exact) mass is 513 g/mol. The Morgan fingerprint density at radius 3 is 2.57 bits per heavy atom. The lowest BCUT2D eigenvalue weighted by Crippen LogP contribution is -2.39. The van der Waals surface area contributed by atoms with Gasteiger partial charge in [0.15, 0.2) is 0 Å². The number of hydrazone groups is 1. The van der Waals surface area contributed by atoms with Gasteiger partial charge in [-0.1, -0.05) is 54.6 Å². The van der Waals surface area contributed by atoms with Crippen LogP contribution in [0.15, 0.2) is 95.4 Å². The average Bonchev–Trinajstić information content (AvgIpc) is 2.86. The molecule has 0 bridgehead atoms. The fraction of sp³-hybridized carbons (Fsp3) is 0.120. The first-order valence-corrected chi connectivity index (χ1v) is 12.2. The van der Waals surface area contributed by atoms with Crippen molar-refractivity contribution in [2.24, 2.45) is 5.10 Å². The second-order valence-electron chi connectivity index (χ2n) is 7.11. The number of halogens is 1. The van der Waals surface area contributed by atoms with Gasteiger partial charge in [0.1, 0.15) is 24.7 Å². The molecule has 0 fully saturated rings. The number of ether oxygens (including phenoxy) is 2. The molecule has 0 heterocycles. The fourth-order valence-corrected chi connectivity index (χ4v) is 4.72. The standard InChI is InChI=1S/C25H24ClN3O5S/c1-3-14-34-21-9-7-8-19(15-21)17-27-28-25(30)18-29(20-12-13-24(33-2)23(26)16-20)35(31,32)22-10-5-4-6-11-22/h3-13,15-17H,1,14,18H2,2H3,(H,28,30)/b27-17+. The highest BCUT2D eigenvalue weighted by molar-refractivity contribution is 7.92. The molecular weight excluding hydrogens is 490 g/mol. The summed E-state index contributed by atoms with van der Waals surface area (Å²) in [5.41, 5.74) is 3.25. The molecule has 0 saturated carbocycles. The van der Waals surface area contributed by atoms with Crippen molar-refractivity contribution in [3.8, 4) is 11.5 Å². The summed E-state index contributed by atoms with van der Waals surface area (Å²) in [5, 5.41) is 4.15. The van der Waals surface area contributed by atoms with Crippen molar-refractivity contribution >= 4 is 39.4 Å². The van der Waals surface area contributed by atoms with Crippen LogP contribution in [0.3, 0.4) is 0 Å². The van der Waals surface area contributed by atoms with Crippen LogP contribution in [-0.4, -0.2) is 40.8 Å². The molecular formula is C25H24ClN3O5S. The number of sulfonamides is 1. The molecule has 35 heavy (non-hydrogen) atoms. The van der Waals surface area contributed by atoms with E-state index in [1.54, 1.807) is 48.5 Å². The van der Waals surface area contributed by atoms with Crippen LogP contribution < -0.4 is 19.2 Å². The maximum absolute atomic E-state index is 13.4. The Hall–Kier alpha value is -3.82. The first-order valence-electron chi connectivity index (χ1n) is 10.4. The van der Waals surface area contributed by atoms with Crippen molar-refractivity contribution in [2.45, 2.75) is 4.90 Å². The lowest BCUT2D eigenvalue weighted by Gasteiger charge is -2.24.